The first-order chi connectivity index (χ1) is 9.22. The molecule has 0 aromatic rings. The lowest BCUT2D eigenvalue weighted by Crippen LogP contribution is -2.50. The van der Waals surface area contributed by atoms with Crippen LogP contribution in [0.25, 0.3) is 0 Å². The van der Waals surface area contributed by atoms with Crippen LogP contribution in [0, 0.1) is 0 Å². The molecule has 0 fully saturated rings. The first kappa shape index (κ1) is 19.0. The average molecular weight is 320 g/mol. The van der Waals surface area contributed by atoms with Crippen LogP contribution in [0.3, 0.4) is 0 Å². The molecule has 2 atom stereocenters. The first-order valence-corrected chi connectivity index (χ1v) is 8.21. The third kappa shape index (κ3) is 5.58. The van der Waals surface area contributed by atoms with Crippen molar-refractivity contribution < 1.29 is 19.8 Å². The van der Waals surface area contributed by atoms with Crippen LogP contribution in [0.2, 0.25) is 0 Å². The van der Waals surface area contributed by atoms with E-state index in [1.54, 1.807) is 0 Å². The highest BCUT2D eigenvalue weighted by molar-refractivity contribution is 8.76. The highest BCUT2D eigenvalue weighted by Crippen LogP contribution is 2.30. The molecule has 0 heterocycles. The Kier molecular flexibility index (Phi) is 7.95. The molecule has 0 saturated carbocycles. The summed E-state index contributed by atoms with van der Waals surface area (Å²) in [5, 5.41) is 18.1. The molecule has 20 heavy (non-hydrogen) atoms. The largest absolute Gasteiger partial charge is 0.480 e. The van der Waals surface area contributed by atoms with Gasteiger partial charge in [0.25, 0.3) is 0 Å². The van der Waals surface area contributed by atoms with Crippen molar-refractivity contribution in [1.82, 2.24) is 0 Å². The van der Waals surface area contributed by atoms with Crippen molar-refractivity contribution >= 4 is 33.5 Å². The van der Waals surface area contributed by atoms with E-state index in [2.05, 4.69) is 13.2 Å². The maximum atomic E-state index is 11.1. The number of hydrogen-bond acceptors (Lipinski definition) is 6. The lowest BCUT2D eigenvalue weighted by Gasteiger charge is -2.25. The monoisotopic (exact) mass is 320 g/mol. The van der Waals surface area contributed by atoms with Gasteiger partial charge in [0.2, 0.25) is 0 Å². The van der Waals surface area contributed by atoms with Gasteiger partial charge in [0.05, 0.1) is 0 Å². The van der Waals surface area contributed by atoms with Crippen LogP contribution in [0.1, 0.15) is 12.8 Å². The third-order valence-corrected chi connectivity index (χ3v) is 5.23. The highest BCUT2D eigenvalue weighted by Gasteiger charge is 2.35. The van der Waals surface area contributed by atoms with Crippen LogP contribution in [0.15, 0.2) is 25.3 Å². The van der Waals surface area contributed by atoms with Crippen LogP contribution < -0.4 is 11.5 Å². The summed E-state index contributed by atoms with van der Waals surface area (Å²) >= 11 is 0. The fourth-order valence-electron chi connectivity index (χ4n) is 1.22. The van der Waals surface area contributed by atoms with E-state index in [0.29, 0.717) is 0 Å². The molecule has 8 heteroatoms. The summed E-state index contributed by atoms with van der Waals surface area (Å²) in [5.74, 6) is -1.98. The van der Waals surface area contributed by atoms with E-state index < -0.39 is 23.0 Å². The molecule has 0 aliphatic rings. The summed E-state index contributed by atoms with van der Waals surface area (Å²) in [7, 11) is 2.37. The van der Waals surface area contributed by atoms with E-state index in [1.807, 2.05) is 0 Å². The van der Waals surface area contributed by atoms with Crippen LogP contribution in [-0.4, -0.2) is 44.7 Å². The smallest absolute Gasteiger partial charge is 0.324 e. The average Bonchev–Trinajstić information content (AvgIpc) is 2.35. The van der Waals surface area contributed by atoms with E-state index in [1.165, 1.54) is 33.7 Å². The summed E-state index contributed by atoms with van der Waals surface area (Å²) in [6.07, 6.45) is 3.16. The number of hydrogen-bond donors (Lipinski definition) is 4. The van der Waals surface area contributed by atoms with E-state index in [0.717, 1.165) is 0 Å². The summed E-state index contributed by atoms with van der Waals surface area (Å²) < 4.78 is 0. The van der Waals surface area contributed by atoms with Gasteiger partial charge in [0, 0.05) is 11.5 Å². The molecule has 0 spiro atoms. The molecule has 0 rings (SSSR count). The number of rotatable bonds is 11. The predicted octanol–water partition coefficient (Wildman–Crippen LogP) is 1.08. The molecule has 6 nitrogen and oxygen atoms in total. The quantitative estimate of drug-likeness (QED) is 0.253. The second-order valence-electron chi connectivity index (χ2n) is 4.43. The normalized spacial score (nSPS) is 16.7. The minimum atomic E-state index is -1.40. The van der Waals surface area contributed by atoms with E-state index in [-0.39, 0.29) is 24.3 Å². The van der Waals surface area contributed by atoms with Crippen molar-refractivity contribution in [2.75, 3.05) is 11.5 Å². The Hall–Kier alpha value is -0.960. The predicted molar refractivity (Wildman–Crippen MR) is 83.7 cm³/mol. The second kappa shape index (κ2) is 8.35. The van der Waals surface area contributed by atoms with Gasteiger partial charge in [0.1, 0.15) is 11.1 Å². The molecule has 0 amide bonds. The number of nitrogens with two attached hydrogens (primary N) is 2. The van der Waals surface area contributed by atoms with Gasteiger partial charge in [-0.25, -0.2) is 0 Å². The summed E-state index contributed by atoms with van der Waals surface area (Å²) in [6.45, 7) is 6.95. The van der Waals surface area contributed by atoms with Crippen molar-refractivity contribution in [1.29, 1.82) is 0 Å². The van der Waals surface area contributed by atoms with E-state index in [4.69, 9.17) is 21.7 Å². The minimum Gasteiger partial charge on any atom is -0.480 e. The number of carboxylic acid groups (broad SMARTS) is 2. The highest BCUT2D eigenvalue weighted by atomic mass is 33.1. The lowest BCUT2D eigenvalue weighted by atomic mass is 10.00. The number of aliphatic carboxylic acids is 2. The third-order valence-electron chi connectivity index (χ3n) is 2.59. The Morgan fingerprint density at radius 2 is 1.25 bits per heavy atom. The van der Waals surface area contributed by atoms with Gasteiger partial charge in [-0.3, -0.25) is 9.59 Å². The van der Waals surface area contributed by atoms with Crippen molar-refractivity contribution in [3.8, 4) is 0 Å². The van der Waals surface area contributed by atoms with Crippen LogP contribution >= 0.6 is 21.6 Å². The lowest BCUT2D eigenvalue weighted by molar-refractivity contribution is -0.143. The molecular weight excluding hydrogens is 300 g/mol. The van der Waals surface area contributed by atoms with Crippen molar-refractivity contribution in [3.05, 3.63) is 25.3 Å². The molecule has 0 saturated heterocycles. The summed E-state index contributed by atoms with van der Waals surface area (Å²) in [5.41, 5.74) is 8.69. The maximum Gasteiger partial charge on any atom is 0.324 e. The number of carbonyl (C=O) groups is 2. The molecule has 0 radical (unpaired) electrons. The minimum absolute atomic E-state index is 0.128. The van der Waals surface area contributed by atoms with Crippen LogP contribution in [0.4, 0.5) is 0 Å². The Bertz CT molecular complexity index is 356. The van der Waals surface area contributed by atoms with Gasteiger partial charge in [-0.05, 0) is 12.8 Å². The Labute approximate surface area is 126 Å². The van der Waals surface area contributed by atoms with Gasteiger partial charge in [-0.1, -0.05) is 33.7 Å². The van der Waals surface area contributed by atoms with E-state index in [9.17, 15) is 9.59 Å². The van der Waals surface area contributed by atoms with Crippen molar-refractivity contribution in [3.63, 3.8) is 0 Å². The molecule has 0 aliphatic heterocycles. The van der Waals surface area contributed by atoms with Crippen LogP contribution in [-0.2, 0) is 9.59 Å². The van der Waals surface area contributed by atoms with Crippen LogP contribution in [0.5, 0.6) is 0 Å². The van der Waals surface area contributed by atoms with Gasteiger partial charge >= 0.3 is 11.9 Å². The zero-order valence-corrected chi connectivity index (χ0v) is 12.7. The SMILES string of the molecule is C=CCC(N)(CSSCC(N)(CC=C)C(=O)O)C(=O)O. The molecule has 0 aromatic carbocycles. The molecule has 114 valence electrons. The molecule has 0 aliphatic carbocycles. The van der Waals surface area contributed by atoms with Gasteiger partial charge in [0.15, 0.2) is 0 Å². The van der Waals surface area contributed by atoms with Gasteiger partial charge < -0.3 is 21.7 Å². The zero-order chi connectivity index (χ0) is 15.8. The fraction of sp³-hybridized carbons (Fsp3) is 0.500. The maximum absolute atomic E-state index is 11.1. The fourth-order valence-corrected chi connectivity index (χ4v) is 4.06. The summed E-state index contributed by atoms with van der Waals surface area (Å²) in [6, 6.07) is 0. The van der Waals surface area contributed by atoms with Gasteiger partial charge in [-0.15, -0.1) is 13.2 Å². The van der Waals surface area contributed by atoms with Crippen molar-refractivity contribution in [2.24, 2.45) is 11.5 Å². The zero-order valence-electron chi connectivity index (χ0n) is 11.1. The van der Waals surface area contributed by atoms with Gasteiger partial charge in [-0.2, -0.15) is 0 Å². The summed E-state index contributed by atoms with van der Waals surface area (Å²) in [4.78, 5) is 22.2. The number of carboxylic acids is 2. The molecule has 2 unspecified atom stereocenters. The first-order valence-electron chi connectivity index (χ1n) is 5.72. The molecular formula is C12H20N2O4S2. The molecule has 0 aromatic heterocycles. The Morgan fingerprint density at radius 3 is 1.45 bits per heavy atom. The molecule has 0 bridgehead atoms. The Balaban J connectivity index is 4.42. The standard InChI is InChI=1S/C12H20N2O4S2/c1-3-5-11(13,9(15)16)7-19-20-8-12(14,6-4-2)10(17)18/h3-4H,1-2,5-8,13-14H2,(H,15,16)(H,17,18). The van der Waals surface area contributed by atoms with E-state index >= 15 is 0 Å². The topological polar surface area (TPSA) is 127 Å². The van der Waals surface area contributed by atoms with Crippen molar-refractivity contribution in [2.45, 2.75) is 23.9 Å². The second-order valence-corrected chi connectivity index (χ2v) is 6.90. The molecule has 6 N–H and O–H groups in total. The Morgan fingerprint density at radius 1 is 0.950 bits per heavy atom.